The molecule has 100 valence electrons. The van der Waals surface area contributed by atoms with Gasteiger partial charge in [-0.1, -0.05) is 24.3 Å². The average Bonchev–Trinajstić information content (AvgIpc) is 2.80. The van der Waals surface area contributed by atoms with E-state index in [2.05, 4.69) is 36.1 Å². The molecule has 1 aliphatic heterocycles. The molecule has 2 heteroatoms. The zero-order valence-corrected chi connectivity index (χ0v) is 11.4. The Morgan fingerprint density at radius 3 is 2.94 bits per heavy atom. The highest BCUT2D eigenvalue weighted by Gasteiger charge is 2.21. The van der Waals surface area contributed by atoms with E-state index in [-0.39, 0.29) is 0 Å². The maximum absolute atomic E-state index is 8.95. The van der Waals surface area contributed by atoms with Gasteiger partial charge in [-0.15, -0.1) is 0 Å². The molecule has 0 spiro atoms. The lowest BCUT2D eigenvalue weighted by Crippen LogP contribution is -2.22. The van der Waals surface area contributed by atoms with Crippen molar-refractivity contribution in [1.29, 1.82) is 0 Å². The molecule has 1 fully saturated rings. The molecule has 0 bridgehead atoms. The van der Waals surface area contributed by atoms with Gasteiger partial charge in [-0.25, -0.2) is 0 Å². The second-order valence-corrected chi connectivity index (χ2v) is 5.50. The van der Waals surface area contributed by atoms with E-state index in [1.807, 2.05) is 0 Å². The first-order chi connectivity index (χ1) is 8.79. The van der Waals surface area contributed by atoms with E-state index < -0.39 is 0 Å². The molecule has 0 radical (unpaired) electrons. The lowest BCUT2D eigenvalue weighted by atomic mass is 10.0. The summed E-state index contributed by atoms with van der Waals surface area (Å²) in [6.07, 6.45) is 4.68. The number of hydrogen-bond acceptors (Lipinski definition) is 2. The number of likely N-dealkylation sites (tertiary alicyclic amines) is 1. The fourth-order valence-corrected chi connectivity index (χ4v) is 2.92. The van der Waals surface area contributed by atoms with Gasteiger partial charge in [0.2, 0.25) is 0 Å². The third kappa shape index (κ3) is 3.82. The summed E-state index contributed by atoms with van der Waals surface area (Å²) in [6, 6.07) is 8.69. The second kappa shape index (κ2) is 6.91. The van der Waals surface area contributed by atoms with Crippen LogP contribution in [0.4, 0.5) is 0 Å². The van der Waals surface area contributed by atoms with Gasteiger partial charge in [0.15, 0.2) is 0 Å². The molecule has 0 saturated carbocycles. The maximum atomic E-state index is 8.95. The van der Waals surface area contributed by atoms with Gasteiger partial charge in [-0.3, -0.25) is 0 Å². The fourth-order valence-electron chi connectivity index (χ4n) is 2.92. The molecule has 1 aromatic rings. The molecule has 1 saturated heterocycles. The van der Waals surface area contributed by atoms with Crippen LogP contribution in [0.2, 0.25) is 0 Å². The lowest BCUT2D eigenvalue weighted by Gasteiger charge is -2.16. The maximum Gasteiger partial charge on any atom is 0.0434 e. The van der Waals surface area contributed by atoms with Gasteiger partial charge >= 0.3 is 0 Å². The van der Waals surface area contributed by atoms with Crippen molar-refractivity contribution < 1.29 is 5.11 Å². The summed E-state index contributed by atoms with van der Waals surface area (Å²) >= 11 is 0. The van der Waals surface area contributed by atoms with Gasteiger partial charge in [0.1, 0.15) is 0 Å². The molecule has 0 aliphatic carbocycles. The van der Waals surface area contributed by atoms with E-state index in [9.17, 15) is 0 Å². The quantitative estimate of drug-likeness (QED) is 0.835. The topological polar surface area (TPSA) is 23.5 Å². The number of aliphatic hydroxyl groups is 1. The van der Waals surface area contributed by atoms with Crippen LogP contribution in [0, 0.1) is 12.8 Å². The minimum absolute atomic E-state index is 0.349. The monoisotopic (exact) mass is 247 g/mol. The van der Waals surface area contributed by atoms with Gasteiger partial charge in [0, 0.05) is 13.2 Å². The molecule has 1 heterocycles. The Morgan fingerprint density at radius 2 is 2.17 bits per heavy atom. The van der Waals surface area contributed by atoms with Crippen LogP contribution in [0.1, 0.15) is 30.4 Å². The minimum Gasteiger partial charge on any atom is -0.396 e. The van der Waals surface area contributed by atoms with E-state index in [0.29, 0.717) is 6.61 Å². The molecular weight excluding hydrogens is 222 g/mol. The molecule has 0 aromatic heterocycles. The van der Waals surface area contributed by atoms with Crippen LogP contribution < -0.4 is 0 Å². The van der Waals surface area contributed by atoms with Crippen molar-refractivity contribution >= 4 is 0 Å². The van der Waals surface area contributed by atoms with Crippen molar-refractivity contribution in [3.05, 3.63) is 35.4 Å². The molecule has 1 aliphatic rings. The first-order valence-corrected chi connectivity index (χ1v) is 7.17. The van der Waals surface area contributed by atoms with E-state index in [1.54, 1.807) is 0 Å². The van der Waals surface area contributed by atoms with Crippen LogP contribution in [-0.2, 0) is 6.42 Å². The average molecular weight is 247 g/mol. The van der Waals surface area contributed by atoms with Crippen molar-refractivity contribution in [2.75, 3.05) is 26.2 Å². The molecule has 1 unspecified atom stereocenters. The van der Waals surface area contributed by atoms with Crippen molar-refractivity contribution in [1.82, 2.24) is 4.90 Å². The Balaban J connectivity index is 1.69. The zero-order valence-electron chi connectivity index (χ0n) is 11.4. The number of rotatable bonds is 6. The highest BCUT2D eigenvalue weighted by molar-refractivity contribution is 5.25. The van der Waals surface area contributed by atoms with Crippen LogP contribution in [0.25, 0.3) is 0 Å². The Labute approximate surface area is 111 Å². The van der Waals surface area contributed by atoms with Gasteiger partial charge in [-0.2, -0.15) is 0 Å². The van der Waals surface area contributed by atoms with Crippen LogP contribution >= 0.6 is 0 Å². The fraction of sp³-hybridized carbons (Fsp3) is 0.625. The molecular formula is C16H25NO. The molecule has 2 rings (SSSR count). The standard InChI is InChI=1S/C16H25NO/c1-14-5-2-3-6-16(14)7-4-10-17-11-8-15(13-17)9-12-18/h2-3,5-6,15,18H,4,7-13H2,1H3. The van der Waals surface area contributed by atoms with Gasteiger partial charge < -0.3 is 10.0 Å². The van der Waals surface area contributed by atoms with Crippen molar-refractivity contribution in [3.63, 3.8) is 0 Å². The normalized spacial score (nSPS) is 20.4. The smallest absolute Gasteiger partial charge is 0.0434 e. The Bertz CT molecular complexity index is 364. The van der Waals surface area contributed by atoms with E-state index in [0.717, 1.165) is 12.3 Å². The van der Waals surface area contributed by atoms with E-state index in [1.165, 1.54) is 50.0 Å². The molecule has 1 atom stereocenters. The summed E-state index contributed by atoms with van der Waals surface area (Å²) in [5, 5.41) is 8.95. The van der Waals surface area contributed by atoms with E-state index >= 15 is 0 Å². The predicted octanol–water partition coefficient (Wildman–Crippen LogP) is 2.63. The number of aliphatic hydroxyl groups excluding tert-OH is 1. The molecule has 0 amide bonds. The lowest BCUT2D eigenvalue weighted by molar-refractivity contribution is 0.250. The highest BCUT2D eigenvalue weighted by atomic mass is 16.3. The van der Waals surface area contributed by atoms with Crippen LogP contribution in [-0.4, -0.2) is 36.2 Å². The third-order valence-electron chi connectivity index (χ3n) is 4.09. The number of aryl methyl sites for hydroxylation is 2. The van der Waals surface area contributed by atoms with Crippen molar-refractivity contribution in [2.45, 2.75) is 32.6 Å². The van der Waals surface area contributed by atoms with Crippen molar-refractivity contribution in [3.8, 4) is 0 Å². The van der Waals surface area contributed by atoms with Crippen LogP contribution in [0.15, 0.2) is 24.3 Å². The molecule has 2 nitrogen and oxygen atoms in total. The summed E-state index contributed by atoms with van der Waals surface area (Å²) < 4.78 is 0. The minimum atomic E-state index is 0.349. The number of benzene rings is 1. The van der Waals surface area contributed by atoms with Crippen LogP contribution in [0.5, 0.6) is 0 Å². The first kappa shape index (κ1) is 13.6. The zero-order chi connectivity index (χ0) is 12.8. The van der Waals surface area contributed by atoms with Gasteiger partial charge in [-0.05, 0) is 62.7 Å². The number of hydrogen-bond donors (Lipinski definition) is 1. The second-order valence-electron chi connectivity index (χ2n) is 5.50. The largest absolute Gasteiger partial charge is 0.396 e. The molecule has 1 aromatic carbocycles. The highest BCUT2D eigenvalue weighted by Crippen LogP contribution is 2.19. The Morgan fingerprint density at radius 1 is 1.33 bits per heavy atom. The van der Waals surface area contributed by atoms with E-state index in [4.69, 9.17) is 5.11 Å². The summed E-state index contributed by atoms with van der Waals surface area (Å²) in [5.41, 5.74) is 2.90. The number of nitrogens with zero attached hydrogens (tertiary/aromatic N) is 1. The van der Waals surface area contributed by atoms with Crippen LogP contribution in [0.3, 0.4) is 0 Å². The summed E-state index contributed by atoms with van der Waals surface area (Å²) in [6.45, 7) is 6.16. The summed E-state index contributed by atoms with van der Waals surface area (Å²) in [7, 11) is 0. The first-order valence-electron chi connectivity index (χ1n) is 7.17. The Kier molecular flexibility index (Phi) is 5.21. The van der Waals surface area contributed by atoms with Crippen molar-refractivity contribution in [2.24, 2.45) is 5.92 Å². The third-order valence-corrected chi connectivity index (χ3v) is 4.09. The Hall–Kier alpha value is -0.860. The summed E-state index contributed by atoms with van der Waals surface area (Å²) in [5.74, 6) is 0.730. The predicted molar refractivity (Wildman–Crippen MR) is 75.7 cm³/mol. The molecule has 18 heavy (non-hydrogen) atoms. The summed E-state index contributed by atoms with van der Waals surface area (Å²) in [4.78, 5) is 2.55. The van der Waals surface area contributed by atoms with Gasteiger partial charge in [0.25, 0.3) is 0 Å². The molecule has 1 N–H and O–H groups in total. The SMILES string of the molecule is Cc1ccccc1CCCN1CCC(CCO)C1. The van der Waals surface area contributed by atoms with Gasteiger partial charge in [0.05, 0.1) is 0 Å².